The van der Waals surface area contributed by atoms with Gasteiger partial charge in [0.15, 0.2) is 10.7 Å². The first-order chi connectivity index (χ1) is 9.59. The lowest BCUT2D eigenvalue weighted by Crippen LogP contribution is -2.16. The Morgan fingerprint density at radius 3 is 2.29 bits per heavy atom. The van der Waals surface area contributed by atoms with Crippen molar-refractivity contribution in [2.75, 3.05) is 5.73 Å². The predicted octanol–water partition coefficient (Wildman–Crippen LogP) is 4.17. The van der Waals surface area contributed by atoms with E-state index in [1.165, 1.54) is 18.2 Å². The number of hydrogen-bond donors (Lipinski definition) is 1. The van der Waals surface area contributed by atoms with E-state index in [2.05, 4.69) is 4.98 Å². The first-order valence-corrected chi connectivity index (χ1v) is 6.25. The molecule has 0 radical (unpaired) electrons. The van der Waals surface area contributed by atoms with E-state index >= 15 is 0 Å². The van der Waals surface area contributed by atoms with Gasteiger partial charge < -0.3 is 5.73 Å². The molecular weight excluding hydrogens is 320 g/mol. The Balaban J connectivity index is 2.48. The molecule has 10 heteroatoms. The molecule has 0 fully saturated rings. The summed E-state index contributed by atoms with van der Waals surface area (Å²) in [5.74, 6) is 0. The Morgan fingerprint density at radius 1 is 1.05 bits per heavy atom. The molecule has 3 nitrogen and oxygen atoms in total. The van der Waals surface area contributed by atoms with Crippen LogP contribution in [0.5, 0.6) is 0 Å². The molecule has 0 amide bonds. The molecule has 2 heterocycles. The van der Waals surface area contributed by atoms with E-state index in [0.29, 0.717) is 4.40 Å². The monoisotopic (exact) mass is 325 g/mol. The zero-order valence-corrected chi connectivity index (χ0v) is 10.7. The number of nitrogen functional groups attached to an aromatic ring is 1. The number of fused-ring (bicyclic) bond motifs is 3. The Hall–Kier alpha value is -1.97. The Morgan fingerprint density at radius 2 is 1.71 bits per heavy atom. The smallest absolute Gasteiger partial charge is 0.399 e. The minimum atomic E-state index is -5.15. The second kappa shape index (κ2) is 4.03. The van der Waals surface area contributed by atoms with Crippen molar-refractivity contribution in [3.05, 3.63) is 28.8 Å². The highest BCUT2D eigenvalue weighted by atomic mass is 32.1. The molecule has 0 aliphatic heterocycles. The third-order valence-electron chi connectivity index (χ3n) is 2.81. The highest BCUT2D eigenvalue weighted by Gasteiger charge is 2.48. The van der Waals surface area contributed by atoms with Crippen molar-refractivity contribution in [1.82, 2.24) is 9.38 Å². The fourth-order valence-corrected chi connectivity index (χ4v) is 3.08. The maximum Gasteiger partial charge on any atom is 0.433 e. The van der Waals surface area contributed by atoms with E-state index in [1.807, 2.05) is 0 Å². The zero-order chi connectivity index (χ0) is 15.6. The number of alkyl halides is 6. The Labute approximate surface area is 116 Å². The standard InChI is InChI=1S/C11H5F6N3S/c12-10(13,14)7-8(11(15,16)17)21-9-19-5-3-4(18)1-2-6(5)20(7)9/h1-3H,18H2. The van der Waals surface area contributed by atoms with Gasteiger partial charge in [0.25, 0.3) is 0 Å². The number of rotatable bonds is 0. The minimum absolute atomic E-state index is 0.0447. The number of anilines is 1. The number of hydrogen-bond acceptors (Lipinski definition) is 3. The van der Waals surface area contributed by atoms with Gasteiger partial charge in [0.05, 0.1) is 11.0 Å². The summed E-state index contributed by atoms with van der Waals surface area (Å²) in [7, 11) is 0. The van der Waals surface area contributed by atoms with Gasteiger partial charge in [-0.05, 0) is 18.2 Å². The van der Waals surface area contributed by atoms with Crippen LogP contribution in [-0.4, -0.2) is 9.38 Å². The summed E-state index contributed by atoms with van der Waals surface area (Å²) in [4.78, 5) is 1.69. The van der Waals surface area contributed by atoms with Crippen molar-refractivity contribution in [3.63, 3.8) is 0 Å². The number of thiazole rings is 1. The highest BCUT2D eigenvalue weighted by Crippen LogP contribution is 2.45. The first-order valence-electron chi connectivity index (χ1n) is 5.44. The molecule has 3 aromatic rings. The normalized spacial score (nSPS) is 13.4. The second-order valence-corrected chi connectivity index (χ2v) is 5.23. The summed E-state index contributed by atoms with van der Waals surface area (Å²) in [6, 6.07) is 3.83. The van der Waals surface area contributed by atoms with Gasteiger partial charge in [0, 0.05) is 5.69 Å². The van der Waals surface area contributed by atoms with Crippen LogP contribution in [0.4, 0.5) is 32.0 Å². The molecule has 0 saturated heterocycles. The van der Waals surface area contributed by atoms with E-state index in [4.69, 9.17) is 5.73 Å². The van der Waals surface area contributed by atoms with E-state index in [-0.39, 0.29) is 33.0 Å². The molecule has 0 saturated carbocycles. The Bertz CT molecular complexity index is 841. The van der Waals surface area contributed by atoms with Crippen LogP contribution in [0, 0.1) is 0 Å². The average molecular weight is 325 g/mol. The van der Waals surface area contributed by atoms with Crippen LogP contribution >= 0.6 is 11.3 Å². The lowest BCUT2D eigenvalue weighted by Gasteiger charge is -2.11. The molecular formula is C11H5F6N3S. The summed E-state index contributed by atoms with van der Waals surface area (Å²) >= 11 is -0.0447. The molecule has 0 aliphatic rings. The molecule has 3 rings (SSSR count). The third kappa shape index (κ3) is 2.09. The van der Waals surface area contributed by atoms with Crippen LogP contribution < -0.4 is 5.73 Å². The van der Waals surface area contributed by atoms with Crippen molar-refractivity contribution in [3.8, 4) is 0 Å². The number of nitrogens with two attached hydrogens (primary N) is 1. The van der Waals surface area contributed by atoms with Gasteiger partial charge in [-0.15, -0.1) is 0 Å². The quantitative estimate of drug-likeness (QED) is 0.498. The summed E-state index contributed by atoms with van der Waals surface area (Å²) < 4.78 is 78.1. The van der Waals surface area contributed by atoms with Crippen LogP contribution in [0.15, 0.2) is 18.2 Å². The van der Waals surface area contributed by atoms with Gasteiger partial charge >= 0.3 is 12.4 Å². The number of imidazole rings is 1. The van der Waals surface area contributed by atoms with Crippen molar-refractivity contribution in [2.24, 2.45) is 0 Å². The van der Waals surface area contributed by atoms with E-state index in [0.717, 1.165) is 0 Å². The fourth-order valence-electron chi connectivity index (χ4n) is 2.05. The van der Waals surface area contributed by atoms with E-state index in [9.17, 15) is 26.3 Å². The van der Waals surface area contributed by atoms with Gasteiger partial charge in [-0.25, -0.2) is 4.98 Å². The highest BCUT2D eigenvalue weighted by molar-refractivity contribution is 7.17. The number of benzene rings is 1. The number of halogens is 6. The van der Waals surface area contributed by atoms with Gasteiger partial charge in [-0.2, -0.15) is 26.3 Å². The fraction of sp³-hybridized carbons (Fsp3) is 0.182. The predicted molar refractivity (Wildman–Crippen MR) is 65.0 cm³/mol. The van der Waals surface area contributed by atoms with Crippen LogP contribution in [0.25, 0.3) is 16.0 Å². The molecule has 112 valence electrons. The molecule has 0 aliphatic carbocycles. The van der Waals surface area contributed by atoms with Crippen LogP contribution in [0.3, 0.4) is 0 Å². The Kier molecular flexibility index (Phi) is 2.68. The zero-order valence-electron chi connectivity index (χ0n) is 9.88. The second-order valence-electron chi connectivity index (χ2n) is 4.25. The molecule has 21 heavy (non-hydrogen) atoms. The maximum absolute atomic E-state index is 13.1. The summed E-state index contributed by atoms with van der Waals surface area (Å²) in [6.45, 7) is 0. The van der Waals surface area contributed by atoms with Gasteiger partial charge in [-0.3, -0.25) is 4.40 Å². The van der Waals surface area contributed by atoms with Gasteiger partial charge in [0.1, 0.15) is 4.88 Å². The molecule has 2 N–H and O–H groups in total. The molecule has 0 spiro atoms. The lowest BCUT2D eigenvalue weighted by atomic mass is 10.2. The molecule has 0 atom stereocenters. The molecule has 1 aromatic carbocycles. The number of nitrogens with zero attached hydrogens (tertiary/aromatic N) is 2. The van der Waals surface area contributed by atoms with Crippen molar-refractivity contribution >= 4 is 33.0 Å². The molecule has 2 aromatic heterocycles. The minimum Gasteiger partial charge on any atom is -0.399 e. The van der Waals surface area contributed by atoms with Crippen LogP contribution in [0.1, 0.15) is 10.6 Å². The van der Waals surface area contributed by atoms with Crippen molar-refractivity contribution in [1.29, 1.82) is 0 Å². The van der Waals surface area contributed by atoms with Crippen molar-refractivity contribution < 1.29 is 26.3 Å². The van der Waals surface area contributed by atoms with E-state index < -0.39 is 22.9 Å². The van der Waals surface area contributed by atoms with E-state index in [1.54, 1.807) is 0 Å². The largest absolute Gasteiger partial charge is 0.433 e. The summed E-state index contributed by atoms with van der Waals surface area (Å²) in [5, 5.41) is 0. The first kappa shape index (κ1) is 14.0. The third-order valence-corrected chi connectivity index (χ3v) is 3.89. The van der Waals surface area contributed by atoms with Crippen molar-refractivity contribution in [2.45, 2.75) is 12.4 Å². The number of aromatic nitrogens is 2. The molecule has 0 unspecified atom stereocenters. The lowest BCUT2D eigenvalue weighted by molar-refractivity contribution is -0.162. The van der Waals surface area contributed by atoms with Crippen LogP contribution in [0.2, 0.25) is 0 Å². The van der Waals surface area contributed by atoms with Crippen LogP contribution in [-0.2, 0) is 12.4 Å². The summed E-state index contributed by atoms with van der Waals surface area (Å²) in [5.41, 5.74) is 4.03. The van der Waals surface area contributed by atoms with Gasteiger partial charge in [0.2, 0.25) is 0 Å². The maximum atomic E-state index is 13.1. The average Bonchev–Trinajstić information content (AvgIpc) is 2.80. The topological polar surface area (TPSA) is 43.3 Å². The SMILES string of the molecule is Nc1ccc2c(c1)nc1sc(C(F)(F)F)c(C(F)(F)F)n12. The molecule has 0 bridgehead atoms. The van der Waals surface area contributed by atoms with Gasteiger partial charge in [-0.1, -0.05) is 11.3 Å². The summed E-state index contributed by atoms with van der Waals surface area (Å²) in [6.07, 6.45) is -10.3.